The van der Waals surface area contributed by atoms with Crippen LogP contribution in [0.3, 0.4) is 0 Å². The fourth-order valence-corrected chi connectivity index (χ4v) is 4.72. The fourth-order valence-electron chi connectivity index (χ4n) is 3.32. The molecule has 28 heavy (non-hydrogen) atoms. The highest BCUT2D eigenvalue weighted by Gasteiger charge is 2.25. The number of hydrogen-bond donors (Lipinski definition) is 1. The lowest BCUT2D eigenvalue weighted by atomic mass is 10.1. The highest BCUT2D eigenvalue weighted by atomic mass is 32.2. The summed E-state index contributed by atoms with van der Waals surface area (Å²) in [6.45, 7) is 0. The van der Waals surface area contributed by atoms with E-state index in [1.165, 1.54) is 13.3 Å². The number of methoxy groups -OCH3 is 1. The summed E-state index contributed by atoms with van der Waals surface area (Å²) in [6, 6.07) is 11.6. The number of carboxylic acids is 1. The molecular weight excluding hydrogens is 378 g/mol. The highest BCUT2D eigenvalue weighted by Crippen LogP contribution is 2.40. The van der Waals surface area contributed by atoms with E-state index in [9.17, 15) is 18.3 Å². The van der Waals surface area contributed by atoms with Crippen molar-refractivity contribution < 1.29 is 25.8 Å². The number of carboxylic acid groups (broad SMARTS) is 1. The second-order valence-corrected chi connectivity index (χ2v) is 8.66. The van der Waals surface area contributed by atoms with Crippen LogP contribution in [0.15, 0.2) is 53.6 Å². The van der Waals surface area contributed by atoms with E-state index in [1.54, 1.807) is 30.3 Å². The molecule has 1 fully saturated rings. The molecule has 1 aliphatic rings. The summed E-state index contributed by atoms with van der Waals surface area (Å²) in [5, 5.41) is 9.60. The van der Waals surface area contributed by atoms with Gasteiger partial charge < -0.3 is 9.84 Å². The summed E-state index contributed by atoms with van der Waals surface area (Å²) >= 11 is 0. The smallest absolute Gasteiger partial charge is 0.303 e. The summed E-state index contributed by atoms with van der Waals surface area (Å²) in [5.41, 5.74) is 1.72. The maximum absolute atomic E-state index is 13.3. The van der Waals surface area contributed by atoms with Crippen molar-refractivity contribution in [3.05, 3.63) is 59.8 Å². The number of ether oxygens (including phenoxy) is 1. The molecule has 146 valence electrons. The Kier molecular flexibility index (Phi) is 4.03. The Hall–Kier alpha value is -2.80. The zero-order chi connectivity index (χ0) is 21.7. The molecule has 0 unspecified atom stereocenters. The van der Waals surface area contributed by atoms with Crippen LogP contribution in [0, 0.1) is 0 Å². The van der Waals surface area contributed by atoms with Crippen LogP contribution in [0.4, 0.5) is 0 Å². The number of fused-ring (bicyclic) bond motifs is 1. The fraction of sp³-hybridized carbons (Fsp3) is 0.286. The van der Waals surface area contributed by atoms with Crippen LogP contribution in [0.25, 0.3) is 10.9 Å². The van der Waals surface area contributed by atoms with E-state index >= 15 is 0 Å². The van der Waals surface area contributed by atoms with Crippen LogP contribution in [-0.4, -0.2) is 30.6 Å². The van der Waals surface area contributed by atoms with Gasteiger partial charge in [0.1, 0.15) is 5.75 Å². The predicted molar refractivity (Wildman–Crippen MR) is 105 cm³/mol. The molecule has 1 saturated carbocycles. The maximum Gasteiger partial charge on any atom is 0.303 e. The summed E-state index contributed by atoms with van der Waals surface area (Å²) < 4.78 is 48.5. The first-order valence-corrected chi connectivity index (χ1v) is 10.3. The van der Waals surface area contributed by atoms with Gasteiger partial charge in [-0.25, -0.2) is 12.4 Å². The van der Waals surface area contributed by atoms with Crippen molar-refractivity contribution in [2.45, 2.75) is 36.4 Å². The second kappa shape index (κ2) is 6.98. The van der Waals surface area contributed by atoms with Crippen LogP contribution < -0.4 is 4.74 Å². The Morgan fingerprint density at radius 2 is 1.96 bits per heavy atom. The third-order valence-electron chi connectivity index (χ3n) is 4.98. The minimum atomic E-state index is -3.96. The number of rotatable bonds is 7. The molecule has 1 aliphatic carbocycles. The number of aliphatic carboxylic acids is 1. The number of carbonyl (C=O) groups is 1. The van der Waals surface area contributed by atoms with Crippen LogP contribution >= 0.6 is 0 Å². The van der Waals surface area contributed by atoms with Crippen molar-refractivity contribution in [1.82, 2.24) is 3.97 Å². The van der Waals surface area contributed by atoms with Gasteiger partial charge in [-0.3, -0.25) is 4.79 Å². The van der Waals surface area contributed by atoms with E-state index in [0.29, 0.717) is 22.6 Å². The molecule has 7 heteroatoms. The molecule has 0 bridgehead atoms. The molecule has 0 spiro atoms. The van der Waals surface area contributed by atoms with Gasteiger partial charge in [-0.2, -0.15) is 0 Å². The van der Waals surface area contributed by atoms with E-state index in [1.807, 2.05) is 12.1 Å². The second-order valence-electron chi connectivity index (χ2n) is 6.84. The van der Waals surface area contributed by atoms with E-state index in [4.69, 9.17) is 7.48 Å². The van der Waals surface area contributed by atoms with Gasteiger partial charge >= 0.3 is 5.97 Å². The highest BCUT2D eigenvalue weighted by molar-refractivity contribution is 7.90. The summed E-state index contributed by atoms with van der Waals surface area (Å²) in [5.74, 6) is -0.639. The Balaban J connectivity index is 1.84. The van der Waals surface area contributed by atoms with Gasteiger partial charge in [0.25, 0.3) is 10.0 Å². The Bertz CT molecular complexity index is 1230. The molecule has 0 amide bonds. The van der Waals surface area contributed by atoms with Crippen molar-refractivity contribution in [1.29, 1.82) is 0 Å². The topological polar surface area (TPSA) is 85.6 Å². The lowest BCUT2D eigenvalue weighted by Crippen LogP contribution is -2.12. The number of benzene rings is 2. The van der Waals surface area contributed by atoms with Crippen molar-refractivity contribution in [2.24, 2.45) is 0 Å². The molecule has 4 rings (SSSR count). The van der Waals surface area contributed by atoms with E-state index in [0.717, 1.165) is 22.4 Å². The number of aryl methyl sites for hydroxylation is 1. The summed E-state index contributed by atoms with van der Waals surface area (Å²) in [6.07, 6.45) is 0.512. The number of nitrogens with zero attached hydrogens (tertiary/aromatic N) is 1. The molecular formula is C21H21NO5S. The standard InChI is InChI=1S/C21H21NO5S/c1-27-17-7-10-20-19(12-17)16(6-11-21(23)24)13-22(20)28(25,26)18-8-4-15(5-9-18)14-2-3-14/h4-5,7-10,12-14H,2-3,6,11H2,1H3,(H,23,24)/i11D2. The van der Waals surface area contributed by atoms with Crippen molar-refractivity contribution in [3.63, 3.8) is 0 Å². The van der Waals surface area contributed by atoms with Gasteiger partial charge in [0.15, 0.2) is 0 Å². The zero-order valence-corrected chi connectivity index (χ0v) is 16.1. The van der Waals surface area contributed by atoms with Gasteiger partial charge in [0.2, 0.25) is 0 Å². The number of hydrogen-bond acceptors (Lipinski definition) is 4. The zero-order valence-electron chi connectivity index (χ0n) is 17.3. The molecule has 1 N–H and O–H groups in total. The van der Waals surface area contributed by atoms with Crippen molar-refractivity contribution >= 4 is 26.9 Å². The molecule has 1 aromatic heterocycles. The van der Waals surface area contributed by atoms with Gasteiger partial charge in [0.05, 0.1) is 17.5 Å². The van der Waals surface area contributed by atoms with Crippen LogP contribution in [0.1, 0.15) is 39.0 Å². The first-order valence-electron chi connectivity index (χ1n) is 9.90. The van der Waals surface area contributed by atoms with Gasteiger partial charge in [-0.1, -0.05) is 12.1 Å². The lowest BCUT2D eigenvalue weighted by molar-refractivity contribution is -0.136. The normalized spacial score (nSPS) is 15.9. The molecule has 0 atom stereocenters. The Labute approximate surface area is 166 Å². The van der Waals surface area contributed by atoms with Gasteiger partial charge in [-0.15, -0.1) is 0 Å². The van der Waals surface area contributed by atoms with Crippen molar-refractivity contribution in [3.8, 4) is 5.75 Å². The Morgan fingerprint density at radius 1 is 1.25 bits per heavy atom. The summed E-state index contributed by atoms with van der Waals surface area (Å²) in [4.78, 5) is 11.4. The minimum Gasteiger partial charge on any atom is -0.497 e. The average molecular weight is 401 g/mol. The number of aromatic nitrogens is 1. The molecule has 1 heterocycles. The largest absolute Gasteiger partial charge is 0.497 e. The minimum absolute atomic E-state index is 0.118. The molecule has 6 nitrogen and oxygen atoms in total. The average Bonchev–Trinajstić information content (AvgIpc) is 3.50. The molecule has 2 aromatic carbocycles. The summed E-state index contributed by atoms with van der Waals surface area (Å²) in [7, 11) is -2.49. The molecule has 0 radical (unpaired) electrons. The first kappa shape index (κ1) is 16.2. The van der Waals surface area contributed by atoms with Gasteiger partial charge in [0, 0.05) is 20.7 Å². The van der Waals surface area contributed by atoms with Crippen LogP contribution in [0.5, 0.6) is 5.75 Å². The van der Waals surface area contributed by atoms with E-state index < -0.39 is 28.8 Å². The monoisotopic (exact) mass is 401 g/mol. The first-order chi connectivity index (χ1) is 14.1. The molecule has 0 aliphatic heterocycles. The van der Waals surface area contributed by atoms with Crippen LogP contribution in [0.2, 0.25) is 0 Å². The third-order valence-corrected chi connectivity index (χ3v) is 6.66. The van der Waals surface area contributed by atoms with E-state index in [2.05, 4.69) is 0 Å². The predicted octanol–water partition coefficient (Wildman–Crippen LogP) is 3.78. The Morgan fingerprint density at radius 3 is 2.57 bits per heavy atom. The maximum atomic E-state index is 13.3. The SMILES string of the molecule is [2H]C([2H])(Cc1cn(S(=O)(=O)c2ccc(C3CC3)cc2)c2ccc(OC)cc12)C(=O)O. The van der Waals surface area contributed by atoms with Crippen LogP contribution in [-0.2, 0) is 21.2 Å². The quantitative estimate of drug-likeness (QED) is 0.651. The van der Waals surface area contributed by atoms with E-state index in [-0.39, 0.29) is 10.5 Å². The lowest BCUT2D eigenvalue weighted by Gasteiger charge is -2.09. The van der Waals surface area contributed by atoms with Crippen molar-refractivity contribution in [2.75, 3.05) is 7.11 Å². The van der Waals surface area contributed by atoms with Gasteiger partial charge in [-0.05, 0) is 66.6 Å². The molecule has 3 aromatic rings. The third kappa shape index (κ3) is 3.38. The molecule has 0 saturated heterocycles.